The second-order valence-corrected chi connectivity index (χ2v) is 4.60. The molecule has 0 aromatic rings. The van der Waals surface area contributed by atoms with Gasteiger partial charge in [-0.15, -0.1) is 0 Å². The molecule has 80 valence electrons. The van der Waals surface area contributed by atoms with E-state index in [0.717, 1.165) is 20.0 Å². The van der Waals surface area contributed by atoms with Crippen LogP contribution >= 0.6 is 7.82 Å². The second-order valence-electron chi connectivity index (χ2n) is 3.11. The Kier molecular flexibility index (Phi) is 3.93. The third-order valence-electron chi connectivity index (χ3n) is 2.13. The second kappa shape index (κ2) is 4.78. The molecule has 14 heavy (non-hydrogen) atoms. The number of allylic oxidation sites excluding steroid dienone is 3. The van der Waals surface area contributed by atoms with Crippen LogP contribution < -0.4 is 0 Å². The van der Waals surface area contributed by atoms with Crippen LogP contribution in [0.4, 0.5) is 0 Å². The highest BCUT2D eigenvalue weighted by Gasteiger charge is 2.21. The number of hydrogen-bond donors (Lipinski definition) is 1. The molecule has 2 atom stereocenters. The lowest BCUT2D eigenvalue weighted by Crippen LogP contribution is -2.00. The zero-order chi connectivity index (χ0) is 10.6. The van der Waals surface area contributed by atoms with Crippen molar-refractivity contribution in [3.8, 4) is 0 Å². The van der Waals surface area contributed by atoms with Crippen molar-refractivity contribution in [1.29, 1.82) is 0 Å². The van der Waals surface area contributed by atoms with Gasteiger partial charge in [0.25, 0.3) is 0 Å². The molecule has 1 N–H and O–H groups in total. The van der Waals surface area contributed by atoms with E-state index in [0.29, 0.717) is 11.7 Å². The first-order valence-electron chi connectivity index (χ1n) is 4.54. The molecule has 0 bridgehead atoms. The van der Waals surface area contributed by atoms with Crippen LogP contribution in [0.3, 0.4) is 0 Å². The minimum Gasteiger partial charge on any atom is -0.405 e. The van der Waals surface area contributed by atoms with Gasteiger partial charge >= 0.3 is 7.82 Å². The Bertz CT molecular complexity index is 295. The molecule has 0 fully saturated rings. The van der Waals surface area contributed by atoms with Crippen LogP contribution in [0.15, 0.2) is 24.0 Å². The highest BCUT2D eigenvalue weighted by atomic mass is 31.2. The van der Waals surface area contributed by atoms with Gasteiger partial charge in [-0.05, 0) is 30.9 Å². The number of phosphoric acid groups is 1. The lowest BCUT2D eigenvalue weighted by atomic mass is 9.98. The van der Waals surface area contributed by atoms with E-state index >= 15 is 0 Å². The molecular weight excluding hydrogens is 203 g/mol. The average molecular weight is 218 g/mol. The van der Waals surface area contributed by atoms with Gasteiger partial charge in [-0.25, -0.2) is 4.57 Å². The summed E-state index contributed by atoms with van der Waals surface area (Å²) in [6.07, 6.45) is 7.38. The highest BCUT2D eigenvalue weighted by Crippen LogP contribution is 2.45. The molecule has 5 heteroatoms. The summed E-state index contributed by atoms with van der Waals surface area (Å²) in [6, 6.07) is 0. The lowest BCUT2D eigenvalue weighted by Gasteiger charge is -2.16. The Morgan fingerprint density at radius 2 is 2.43 bits per heavy atom. The summed E-state index contributed by atoms with van der Waals surface area (Å²) in [4.78, 5) is 9.03. The van der Waals surface area contributed by atoms with Crippen LogP contribution in [0, 0.1) is 5.92 Å². The molecule has 0 aromatic carbocycles. The molecule has 0 radical (unpaired) electrons. The van der Waals surface area contributed by atoms with E-state index in [-0.39, 0.29) is 0 Å². The van der Waals surface area contributed by atoms with Crippen molar-refractivity contribution in [2.24, 2.45) is 5.92 Å². The molecule has 1 aliphatic carbocycles. The predicted molar refractivity (Wildman–Crippen MR) is 53.5 cm³/mol. The number of rotatable bonds is 4. The first kappa shape index (κ1) is 11.5. The van der Waals surface area contributed by atoms with Gasteiger partial charge in [0.15, 0.2) is 0 Å². The van der Waals surface area contributed by atoms with Gasteiger partial charge in [0.05, 0.1) is 0 Å². The Hall–Kier alpha value is -0.570. The fourth-order valence-electron chi connectivity index (χ4n) is 1.19. The molecular formula is C9H15O4P. The van der Waals surface area contributed by atoms with E-state index in [4.69, 9.17) is 9.42 Å². The fraction of sp³-hybridized carbons (Fsp3) is 0.556. The van der Waals surface area contributed by atoms with E-state index < -0.39 is 7.82 Å². The smallest absolute Gasteiger partial charge is 0.405 e. The maximum Gasteiger partial charge on any atom is 0.527 e. The summed E-state index contributed by atoms with van der Waals surface area (Å²) >= 11 is 0. The van der Waals surface area contributed by atoms with Crippen LogP contribution in [-0.4, -0.2) is 12.0 Å². The topological polar surface area (TPSA) is 55.8 Å². The standard InChI is InChI=1S/C9H15O4P/c1-3-8-4-6-9(7-5-8)13-14(10,11)12-2/h4,6-8H,3,5H2,1-2H3,(H,10,11). The van der Waals surface area contributed by atoms with Gasteiger partial charge in [-0.1, -0.05) is 13.0 Å². The van der Waals surface area contributed by atoms with E-state index in [1.807, 2.05) is 6.08 Å². The SMILES string of the molecule is CCC1C=CC(OP(=O)(O)OC)=CC1. The summed E-state index contributed by atoms with van der Waals surface area (Å²) in [7, 11) is -2.75. The quantitative estimate of drug-likeness (QED) is 0.737. The molecule has 0 spiro atoms. The van der Waals surface area contributed by atoms with Gasteiger partial charge in [-0.3, -0.25) is 9.42 Å². The van der Waals surface area contributed by atoms with Crippen molar-refractivity contribution in [2.45, 2.75) is 19.8 Å². The van der Waals surface area contributed by atoms with Crippen molar-refractivity contribution in [3.05, 3.63) is 24.0 Å². The van der Waals surface area contributed by atoms with Crippen molar-refractivity contribution < 1.29 is 18.5 Å². The van der Waals surface area contributed by atoms with Crippen molar-refractivity contribution >= 4 is 7.82 Å². The van der Waals surface area contributed by atoms with Crippen LogP contribution in [0.1, 0.15) is 19.8 Å². The Morgan fingerprint density at radius 1 is 1.71 bits per heavy atom. The predicted octanol–water partition coefficient (Wildman–Crippen LogP) is 2.62. The summed E-state index contributed by atoms with van der Waals surface area (Å²) in [5, 5.41) is 0. The minimum absolute atomic E-state index is 0.405. The zero-order valence-electron chi connectivity index (χ0n) is 8.34. The largest absolute Gasteiger partial charge is 0.527 e. The van der Waals surface area contributed by atoms with Crippen LogP contribution in [-0.2, 0) is 13.6 Å². The maximum atomic E-state index is 11.0. The molecule has 2 unspecified atom stereocenters. The highest BCUT2D eigenvalue weighted by molar-refractivity contribution is 7.47. The van der Waals surface area contributed by atoms with Crippen LogP contribution in [0.2, 0.25) is 0 Å². The first-order chi connectivity index (χ1) is 6.57. The van der Waals surface area contributed by atoms with Crippen LogP contribution in [0.5, 0.6) is 0 Å². The Balaban J connectivity index is 2.54. The average Bonchev–Trinajstić information content (AvgIpc) is 2.19. The first-order valence-corrected chi connectivity index (χ1v) is 6.03. The normalized spacial score (nSPS) is 25.4. The zero-order valence-corrected chi connectivity index (χ0v) is 9.24. The molecule has 4 nitrogen and oxygen atoms in total. The van der Waals surface area contributed by atoms with E-state index in [1.165, 1.54) is 0 Å². The molecule has 0 aliphatic heterocycles. The molecule has 0 heterocycles. The maximum absolute atomic E-state index is 11.0. The number of hydrogen-bond acceptors (Lipinski definition) is 3. The number of phosphoric ester groups is 1. The molecule has 0 saturated heterocycles. The molecule has 0 amide bonds. The van der Waals surface area contributed by atoms with Gasteiger partial charge in [0.1, 0.15) is 5.76 Å². The van der Waals surface area contributed by atoms with Gasteiger partial charge in [0.2, 0.25) is 0 Å². The molecule has 0 aromatic heterocycles. The van der Waals surface area contributed by atoms with Crippen molar-refractivity contribution in [1.82, 2.24) is 0 Å². The molecule has 0 saturated carbocycles. The van der Waals surface area contributed by atoms with Gasteiger partial charge < -0.3 is 4.52 Å². The van der Waals surface area contributed by atoms with Crippen molar-refractivity contribution in [3.63, 3.8) is 0 Å². The van der Waals surface area contributed by atoms with E-state index in [2.05, 4.69) is 11.4 Å². The van der Waals surface area contributed by atoms with Gasteiger partial charge in [-0.2, -0.15) is 0 Å². The van der Waals surface area contributed by atoms with Crippen LogP contribution in [0.25, 0.3) is 0 Å². The third kappa shape index (κ3) is 3.29. The third-order valence-corrected chi connectivity index (χ3v) is 3.03. The van der Waals surface area contributed by atoms with E-state index in [1.54, 1.807) is 12.2 Å². The summed E-state index contributed by atoms with van der Waals surface area (Å²) in [5.41, 5.74) is 0. The Labute approximate surface area is 83.8 Å². The summed E-state index contributed by atoms with van der Waals surface area (Å²) in [6.45, 7) is 2.10. The monoisotopic (exact) mass is 218 g/mol. The molecule has 1 rings (SSSR count). The van der Waals surface area contributed by atoms with Gasteiger partial charge in [0, 0.05) is 7.11 Å². The van der Waals surface area contributed by atoms with Crippen molar-refractivity contribution in [2.75, 3.05) is 7.11 Å². The summed E-state index contributed by atoms with van der Waals surface area (Å²) < 4.78 is 20.1. The van der Waals surface area contributed by atoms with E-state index in [9.17, 15) is 4.57 Å². The fourth-order valence-corrected chi connectivity index (χ4v) is 1.66. The Morgan fingerprint density at radius 3 is 2.86 bits per heavy atom. The summed E-state index contributed by atoms with van der Waals surface area (Å²) in [5.74, 6) is 0.908. The minimum atomic E-state index is -3.89. The molecule has 1 aliphatic rings. The lowest BCUT2D eigenvalue weighted by molar-refractivity contribution is 0.213.